The Kier molecular flexibility index (Phi) is 5.67. The number of nitrogens with zero attached hydrogens (tertiary/aromatic N) is 4. The van der Waals surface area contributed by atoms with E-state index in [0.717, 1.165) is 27.9 Å². The topological polar surface area (TPSA) is 77.7 Å². The lowest BCUT2D eigenvalue weighted by atomic mass is 10.1. The predicted octanol–water partition coefficient (Wildman–Crippen LogP) is 3.46. The van der Waals surface area contributed by atoms with Crippen LogP contribution >= 0.6 is 11.8 Å². The first-order valence-electron chi connectivity index (χ1n) is 8.57. The van der Waals surface area contributed by atoms with Gasteiger partial charge in [0.25, 0.3) is 0 Å². The molecule has 0 amide bonds. The van der Waals surface area contributed by atoms with Crippen molar-refractivity contribution in [2.24, 2.45) is 0 Å². The summed E-state index contributed by atoms with van der Waals surface area (Å²) in [6.07, 6.45) is 0. The van der Waals surface area contributed by atoms with Crippen molar-refractivity contribution in [2.75, 3.05) is 11.5 Å². The molecule has 27 heavy (non-hydrogen) atoms. The molecule has 3 aromatic rings. The van der Waals surface area contributed by atoms with Gasteiger partial charge in [0, 0.05) is 5.75 Å². The van der Waals surface area contributed by atoms with Crippen LogP contribution in [0.1, 0.15) is 22.3 Å². The molecule has 0 unspecified atom stereocenters. The van der Waals surface area contributed by atoms with E-state index in [1.807, 2.05) is 58.0 Å². The van der Waals surface area contributed by atoms with Crippen LogP contribution in [0.4, 0.5) is 0 Å². The highest BCUT2D eigenvalue weighted by Crippen LogP contribution is 2.25. The predicted molar refractivity (Wildman–Crippen MR) is 107 cm³/mol. The van der Waals surface area contributed by atoms with Gasteiger partial charge in [-0.3, -0.25) is 0 Å². The fourth-order valence-electron chi connectivity index (χ4n) is 2.94. The summed E-state index contributed by atoms with van der Waals surface area (Å²) in [5.74, 6) is 0.405. The molecule has 0 saturated carbocycles. The highest BCUT2D eigenvalue weighted by atomic mass is 32.2. The van der Waals surface area contributed by atoms with Crippen molar-refractivity contribution in [1.29, 1.82) is 0 Å². The van der Waals surface area contributed by atoms with E-state index < -0.39 is 9.84 Å². The lowest BCUT2D eigenvalue weighted by Crippen LogP contribution is -2.11. The number of rotatable bonds is 6. The van der Waals surface area contributed by atoms with E-state index in [9.17, 15) is 8.42 Å². The maximum atomic E-state index is 12.7. The van der Waals surface area contributed by atoms with Crippen molar-refractivity contribution in [2.45, 2.75) is 37.7 Å². The first kappa shape index (κ1) is 19.6. The van der Waals surface area contributed by atoms with Crippen molar-refractivity contribution in [3.8, 4) is 5.69 Å². The van der Waals surface area contributed by atoms with Crippen LogP contribution < -0.4 is 0 Å². The van der Waals surface area contributed by atoms with E-state index in [0.29, 0.717) is 15.8 Å². The van der Waals surface area contributed by atoms with Crippen molar-refractivity contribution >= 4 is 21.6 Å². The molecule has 2 aromatic carbocycles. The maximum absolute atomic E-state index is 12.7. The minimum absolute atomic E-state index is 0.0293. The van der Waals surface area contributed by atoms with Crippen LogP contribution in [0.25, 0.3) is 5.69 Å². The molecule has 0 aliphatic heterocycles. The second-order valence-corrected chi connectivity index (χ2v) is 9.69. The Balaban J connectivity index is 1.78. The number of hydrogen-bond donors (Lipinski definition) is 0. The Hall–Kier alpha value is -2.19. The molecular weight excluding hydrogens is 380 g/mol. The summed E-state index contributed by atoms with van der Waals surface area (Å²) in [4.78, 5) is 0.400. The maximum Gasteiger partial charge on any atom is 0.214 e. The van der Waals surface area contributed by atoms with Crippen molar-refractivity contribution in [1.82, 2.24) is 20.2 Å². The second kappa shape index (κ2) is 7.82. The van der Waals surface area contributed by atoms with Crippen LogP contribution in [0.2, 0.25) is 0 Å². The Morgan fingerprint density at radius 1 is 1.00 bits per heavy atom. The number of thioether (sulfide) groups is 1. The molecule has 0 N–H and O–H groups in total. The molecule has 1 aromatic heterocycles. The van der Waals surface area contributed by atoms with Crippen LogP contribution in [0.5, 0.6) is 0 Å². The van der Waals surface area contributed by atoms with Crippen LogP contribution in [-0.4, -0.2) is 40.1 Å². The van der Waals surface area contributed by atoms with Crippen LogP contribution in [0, 0.1) is 27.7 Å². The summed E-state index contributed by atoms with van der Waals surface area (Å²) in [6, 6.07) is 11.5. The third-order valence-electron chi connectivity index (χ3n) is 4.35. The first-order valence-corrected chi connectivity index (χ1v) is 11.2. The van der Waals surface area contributed by atoms with Gasteiger partial charge in [0.1, 0.15) is 0 Å². The molecule has 0 atom stereocenters. The van der Waals surface area contributed by atoms with Crippen LogP contribution in [0.15, 0.2) is 46.5 Å². The number of tetrazole rings is 1. The zero-order valence-corrected chi connectivity index (χ0v) is 17.4. The smallest absolute Gasteiger partial charge is 0.214 e. The van der Waals surface area contributed by atoms with E-state index >= 15 is 0 Å². The van der Waals surface area contributed by atoms with Crippen molar-refractivity contribution in [3.05, 3.63) is 58.7 Å². The van der Waals surface area contributed by atoms with E-state index in [4.69, 9.17) is 0 Å². The molecule has 0 fully saturated rings. The lowest BCUT2D eigenvalue weighted by molar-refractivity contribution is 0.597. The molecule has 0 saturated heterocycles. The zero-order valence-electron chi connectivity index (χ0n) is 15.8. The minimum atomic E-state index is -3.36. The van der Waals surface area contributed by atoms with E-state index in [-0.39, 0.29) is 5.75 Å². The normalized spacial score (nSPS) is 11.7. The largest absolute Gasteiger partial charge is 0.224 e. The molecule has 0 bridgehead atoms. The van der Waals surface area contributed by atoms with Gasteiger partial charge in [0.05, 0.1) is 16.3 Å². The number of aryl methyl sites for hydroxylation is 4. The summed E-state index contributed by atoms with van der Waals surface area (Å²) in [7, 11) is -3.36. The number of sulfone groups is 1. The SMILES string of the molecule is Cc1ccc(C)c(S(=O)(=O)CCSc2nnnn2-c2c(C)cccc2C)c1. The molecule has 1 heterocycles. The monoisotopic (exact) mass is 402 g/mol. The van der Waals surface area contributed by atoms with Gasteiger partial charge in [-0.05, 0) is 66.4 Å². The molecule has 142 valence electrons. The van der Waals surface area contributed by atoms with Gasteiger partial charge in [-0.15, -0.1) is 5.10 Å². The second-order valence-electron chi connectivity index (χ2n) is 6.55. The van der Waals surface area contributed by atoms with E-state index in [2.05, 4.69) is 15.5 Å². The number of hydrogen-bond acceptors (Lipinski definition) is 6. The molecular formula is C19H22N4O2S2. The fraction of sp³-hybridized carbons (Fsp3) is 0.316. The average molecular weight is 403 g/mol. The lowest BCUT2D eigenvalue weighted by Gasteiger charge is -2.11. The van der Waals surface area contributed by atoms with Gasteiger partial charge in [-0.25, -0.2) is 8.42 Å². The van der Waals surface area contributed by atoms with Crippen molar-refractivity contribution < 1.29 is 8.42 Å². The van der Waals surface area contributed by atoms with Crippen molar-refractivity contribution in [3.63, 3.8) is 0 Å². The summed E-state index contributed by atoms with van der Waals surface area (Å²) >= 11 is 1.35. The van der Waals surface area contributed by atoms with Gasteiger partial charge >= 0.3 is 0 Å². The molecule has 0 spiro atoms. The average Bonchev–Trinajstić information content (AvgIpc) is 3.05. The molecule has 6 nitrogen and oxygen atoms in total. The van der Waals surface area contributed by atoms with Gasteiger partial charge in [0.2, 0.25) is 5.16 Å². The third kappa shape index (κ3) is 4.22. The quantitative estimate of drug-likeness (QED) is 0.588. The van der Waals surface area contributed by atoms with Gasteiger partial charge < -0.3 is 0 Å². The van der Waals surface area contributed by atoms with Crippen LogP contribution in [-0.2, 0) is 9.84 Å². The van der Waals surface area contributed by atoms with E-state index in [1.165, 1.54) is 11.8 Å². The molecule has 0 radical (unpaired) electrons. The Bertz CT molecular complexity index is 1050. The molecule has 3 rings (SSSR count). The number of benzene rings is 2. The fourth-order valence-corrected chi connectivity index (χ4v) is 5.83. The highest BCUT2D eigenvalue weighted by Gasteiger charge is 2.19. The Labute approximate surface area is 163 Å². The van der Waals surface area contributed by atoms with E-state index in [1.54, 1.807) is 10.7 Å². The first-order chi connectivity index (χ1) is 12.8. The summed E-state index contributed by atoms with van der Waals surface area (Å²) < 4.78 is 27.1. The number of para-hydroxylation sites is 1. The summed E-state index contributed by atoms with van der Waals surface area (Å²) in [5, 5.41) is 12.5. The molecule has 0 aliphatic rings. The van der Waals surface area contributed by atoms with Gasteiger partial charge in [0.15, 0.2) is 9.84 Å². The Morgan fingerprint density at radius 2 is 1.70 bits per heavy atom. The van der Waals surface area contributed by atoms with Crippen LogP contribution in [0.3, 0.4) is 0 Å². The molecule has 0 aliphatic carbocycles. The zero-order chi connectivity index (χ0) is 19.6. The highest BCUT2D eigenvalue weighted by molar-refractivity contribution is 8.00. The number of aromatic nitrogens is 4. The summed E-state index contributed by atoms with van der Waals surface area (Å²) in [5.41, 5.74) is 4.76. The molecule has 8 heteroatoms. The third-order valence-corrected chi connectivity index (χ3v) is 7.39. The standard InChI is InChI=1S/C19H22N4O2S2/c1-13-8-9-14(2)17(12-13)27(24,25)11-10-26-19-20-21-22-23(19)18-15(3)6-5-7-16(18)4/h5-9,12H,10-11H2,1-4H3. The summed E-state index contributed by atoms with van der Waals surface area (Å²) in [6.45, 7) is 7.72. The Morgan fingerprint density at radius 3 is 2.41 bits per heavy atom. The van der Waals surface area contributed by atoms with Gasteiger partial charge in [-0.1, -0.05) is 42.1 Å². The minimum Gasteiger partial charge on any atom is -0.224 e. The van der Waals surface area contributed by atoms with Gasteiger partial charge in [-0.2, -0.15) is 4.68 Å².